The van der Waals surface area contributed by atoms with Crippen molar-refractivity contribution in [1.29, 1.82) is 0 Å². The highest BCUT2D eigenvalue weighted by Gasteiger charge is 2.15. The molecule has 0 aliphatic rings. The normalized spacial score (nSPS) is 11.9. The van der Waals surface area contributed by atoms with Gasteiger partial charge >= 0.3 is 0 Å². The van der Waals surface area contributed by atoms with Crippen LogP contribution in [0.2, 0.25) is 0 Å². The third-order valence-corrected chi connectivity index (χ3v) is 3.57. The summed E-state index contributed by atoms with van der Waals surface area (Å²) in [4.78, 5) is 1.75. The summed E-state index contributed by atoms with van der Waals surface area (Å²) in [6.45, 7) is 0.918. The van der Waals surface area contributed by atoms with Crippen molar-refractivity contribution in [2.45, 2.75) is 12.6 Å². The highest BCUT2D eigenvalue weighted by atomic mass is 16.3. The number of nitrogen functional groups attached to an aromatic ring is 2. The summed E-state index contributed by atoms with van der Waals surface area (Å²) >= 11 is 0. The van der Waals surface area contributed by atoms with Crippen molar-refractivity contribution in [2.75, 3.05) is 41.4 Å². The molecule has 0 heterocycles. The molecule has 0 saturated carbocycles. The fourth-order valence-corrected chi connectivity index (χ4v) is 2.33. The molecule has 0 radical (unpaired) electrons. The lowest BCUT2D eigenvalue weighted by Crippen LogP contribution is -2.38. The lowest BCUT2D eigenvalue weighted by Gasteiger charge is -2.29. The van der Waals surface area contributed by atoms with E-state index in [1.165, 1.54) is 0 Å². The summed E-state index contributed by atoms with van der Waals surface area (Å²) in [5, 5.41) is 22.9. The van der Waals surface area contributed by atoms with Crippen molar-refractivity contribution >= 4 is 22.7 Å². The maximum Gasteiger partial charge on any atom is 0.128 e. The van der Waals surface area contributed by atoms with Crippen LogP contribution in [0.3, 0.4) is 0 Å². The first-order valence-corrected chi connectivity index (χ1v) is 7.60. The average molecular weight is 316 g/mol. The fraction of sp³-hybridized carbons (Fsp3) is 0.294. The van der Waals surface area contributed by atoms with Crippen molar-refractivity contribution < 1.29 is 10.2 Å². The Hall–Kier alpha value is -2.44. The first kappa shape index (κ1) is 16.9. The standard InChI is InChI=1S/C17H24N4O2/c18-13-1-5-15(6-2-13)20-10-9-17(23)21(11-12-22)16-7-3-14(19)4-8-16/h1-8,17,20,22-23H,9-12,18-19H2. The van der Waals surface area contributed by atoms with Crippen molar-refractivity contribution in [1.82, 2.24) is 0 Å². The Bertz CT molecular complexity index is 587. The van der Waals surface area contributed by atoms with Gasteiger partial charge in [-0.05, 0) is 48.5 Å². The molecular weight excluding hydrogens is 292 g/mol. The number of nitrogens with two attached hydrogens (primary N) is 2. The van der Waals surface area contributed by atoms with E-state index in [1.807, 2.05) is 36.4 Å². The van der Waals surface area contributed by atoms with Gasteiger partial charge in [0.15, 0.2) is 0 Å². The van der Waals surface area contributed by atoms with Crippen molar-refractivity contribution in [2.24, 2.45) is 0 Å². The number of benzene rings is 2. The monoisotopic (exact) mass is 316 g/mol. The number of anilines is 4. The molecule has 6 heteroatoms. The molecule has 7 N–H and O–H groups in total. The van der Waals surface area contributed by atoms with Crippen LogP contribution in [-0.2, 0) is 0 Å². The van der Waals surface area contributed by atoms with Gasteiger partial charge in [-0.1, -0.05) is 0 Å². The van der Waals surface area contributed by atoms with E-state index in [2.05, 4.69) is 5.32 Å². The van der Waals surface area contributed by atoms with E-state index in [9.17, 15) is 10.2 Å². The van der Waals surface area contributed by atoms with Crippen LogP contribution in [0.5, 0.6) is 0 Å². The first-order valence-electron chi connectivity index (χ1n) is 7.60. The van der Waals surface area contributed by atoms with E-state index in [-0.39, 0.29) is 6.61 Å². The van der Waals surface area contributed by atoms with Crippen molar-refractivity contribution in [3.05, 3.63) is 48.5 Å². The van der Waals surface area contributed by atoms with Crippen LogP contribution < -0.4 is 21.7 Å². The summed E-state index contributed by atoms with van der Waals surface area (Å²) in [6, 6.07) is 14.7. The minimum Gasteiger partial charge on any atom is -0.399 e. The Balaban J connectivity index is 1.91. The van der Waals surface area contributed by atoms with Crippen molar-refractivity contribution in [3.8, 4) is 0 Å². The van der Waals surface area contributed by atoms with Gasteiger partial charge < -0.3 is 31.9 Å². The summed E-state index contributed by atoms with van der Waals surface area (Å²) in [5.74, 6) is 0. The number of aliphatic hydroxyl groups excluding tert-OH is 2. The topological polar surface area (TPSA) is 108 Å². The van der Waals surface area contributed by atoms with Crippen LogP contribution in [0, 0.1) is 0 Å². The van der Waals surface area contributed by atoms with E-state index in [4.69, 9.17) is 11.5 Å². The molecular formula is C17H24N4O2. The highest BCUT2D eigenvalue weighted by Crippen LogP contribution is 2.19. The maximum atomic E-state index is 10.4. The van der Waals surface area contributed by atoms with Crippen LogP contribution in [0.1, 0.15) is 6.42 Å². The zero-order valence-electron chi connectivity index (χ0n) is 13.0. The molecule has 0 aliphatic heterocycles. The minimum atomic E-state index is -0.702. The molecule has 2 rings (SSSR count). The lowest BCUT2D eigenvalue weighted by molar-refractivity contribution is 0.154. The Morgan fingerprint density at radius 3 is 2.09 bits per heavy atom. The highest BCUT2D eigenvalue weighted by molar-refractivity contribution is 5.54. The van der Waals surface area contributed by atoms with Crippen LogP contribution in [0.4, 0.5) is 22.7 Å². The predicted molar refractivity (Wildman–Crippen MR) is 95.3 cm³/mol. The molecule has 0 aromatic heterocycles. The molecule has 0 amide bonds. The number of nitrogens with zero attached hydrogens (tertiary/aromatic N) is 1. The van der Waals surface area contributed by atoms with Gasteiger partial charge in [0.25, 0.3) is 0 Å². The zero-order chi connectivity index (χ0) is 16.7. The Labute approximate surface area is 136 Å². The molecule has 0 bridgehead atoms. The van der Waals surface area contributed by atoms with Gasteiger partial charge in [0, 0.05) is 42.3 Å². The summed E-state index contributed by atoms with van der Waals surface area (Å²) in [5.41, 5.74) is 14.5. The van der Waals surface area contributed by atoms with E-state index in [1.54, 1.807) is 17.0 Å². The van der Waals surface area contributed by atoms with Crippen LogP contribution >= 0.6 is 0 Å². The van der Waals surface area contributed by atoms with Gasteiger partial charge in [-0.15, -0.1) is 0 Å². The Morgan fingerprint density at radius 2 is 1.52 bits per heavy atom. The number of aliphatic hydroxyl groups is 2. The molecule has 23 heavy (non-hydrogen) atoms. The molecule has 0 fully saturated rings. The van der Waals surface area contributed by atoms with Gasteiger partial charge in [-0.2, -0.15) is 0 Å². The SMILES string of the molecule is Nc1ccc(NCCC(O)N(CCO)c2ccc(N)cc2)cc1. The molecule has 0 spiro atoms. The van der Waals surface area contributed by atoms with Gasteiger partial charge in [0.2, 0.25) is 0 Å². The smallest absolute Gasteiger partial charge is 0.128 e. The zero-order valence-corrected chi connectivity index (χ0v) is 13.0. The Morgan fingerprint density at radius 1 is 0.957 bits per heavy atom. The minimum absolute atomic E-state index is 0.0349. The number of hydrogen-bond donors (Lipinski definition) is 5. The average Bonchev–Trinajstić information content (AvgIpc) is 2.55. The van der Waals surface area contributed by atoms with E-state index >= 15 is 0 Å². The molecule has 1 atom stereocenters. The van der Waals surface area contributed by atoms with Gasteiger partial charge in [-0.3, -0.25) is 0 Å². The van der Waals surface area contributed by atoms with Gasteiger partial charge in [0.1, 0.15) is 6.23 Å². The van der Waals surface area contributed by atoms with E-state index in [0.717, 1.165) is 11.4 Å². The van der Waals surface area contributed by atoms with Crippen LogP contribution in [0.15, 0.2) is 48.5 Å². The number of hydrogen-bond acceptors (Lipinski definition) is 6. The summed E-state index contributed by atoms with van der Waals surface area (Å²) < 4.78 is 0. The largest absolute Gasteiger partial charge is 0.399 e. The fourth-order valence-electron chi connectivity index (χ4n) is 2.33. The molecule has 2 aromatic carbocycles. The molecule has 6 nitrogen and oxygen atoms in total. The molecule has 124 valence electrons. The third-order valence-electron chi connectivity index (χ3n) is 3.57. The number of rotatable bonds is 8. The first-order chi connectivity index (χ1) is 11.1. The van der Waals surface area contributed by atoms with E-state index < -0.39 is 6.23 Å². The van der Waals surface area contributed by atoms with Gasteiger partial charge in [-0.25, -0.2) is 0 Å². The molecule has 1 unspecified atom stereocenters. The predicted octanol–water partition coefficient (Wildman–Crippen LogP) is 1.47. The molecule has 0 aliphatic carbocycles. The number of nitrogens with one attached hydrogen (secondary N) is 1. The molecule has 0 saturated heterocycles. The Kier molecular flexibility index (Phi) is 6.08. The van der Waals surface area contributed by atoms with Crippen LogP contribution in [0.25, 0.3) is 0 Å². The summed E-state index contributed by atoms with van der Waals surface area (Å²) in [7, 11) is 0. The second kappa shape index (κ2) is 8.26. The van der Waals surface area contributed by atoms with Crippen LogP contribution in [-0.4, -0.2) is 36.1 Å². The van der Waals surface area contributed by atoms with Crippen molar-refractivity contribution in [3.63, 3.8) is 0 Å². The molecule has 2 aromatic rings. The second-order valence-corrected chi connectivity index (χ2v) is 5.33. The van der Waals surface area contributed by atoms with E-state index in [0.29, 0.717) is 30.9 Å². The third kappa shape index (κ3) is 5.05. The van der Waals surface area contributed by atoms with Gasteiger partial charge in [0.05, 0.1) is 6.61 Å². The maximum absolute atomic E-state index is 10.4. The second-order valence-electron chi connectivity index (χ2n) is 5.33. The lowest BCUT2D eigenvalue weighted by atomic mass is 10.2. The quantitative estimate of drug-likeness (QED) is 0.373. The summed E-state index contributed by atoms with van der Waals surface area (Å²) in [6.07, 6.45) is -0.193.